The van der Waals surface area contributed by atoms with Crippen LogP contribution in [0.4, 0.5) is 0 Å². The molecule has 1 aromatic rings. The van der Waals surface area contributed by atoms with E-state index < -0.39 is 5.54 Å². The van der Waals surface area contributed by atoms with Crippen LogP contribution in [0.1, 0.15) is 78.0 Å². The molecular formula is C23H39NO4. The van der Waals surface area contributed by atoms with Crippen molar-refractivity contribution < 1.29 is 20.1 Å². The van der Waals surface area contributed by atoms with Gasteiger partial charge in [-0.05, 0) is 40.4 Å². The van der Waals surface area contributed by atoms with E-state index in [9.17, 15) is 20.1 Å². The highest BCUT2D eigenvalue weighted by Gasteiger charge is 2.34. The number of carbonyl (C=O) groups is 1. The minimum atomic E-state index is -0.955. The van der Waals surface area contributed by atoms with Gasteiger partial charge >= 0.3 is 0 Å². The maximum Gasteiger partial charge on any atom is 0.223 e. The number of hydrogen-bond acceptors (Lipinski definition) is 4. The highest BCUT2D eigenvalue weighted by atomic mass is 16.3. The standard InChI is InChI=1S/C23H39NO4/c1-9-23(14-25,15-26)24(8)19(27)11-10-16-12-17(21(2,3)4)13-18(20(16)28)22(5,6)7/h12-13,25-26,28H,9-11,14-15H2,1-8H3. The van der Waals surface area contributed by atoms with Gasteiger partial charge in [0.15, 0.2) is 0 Å². The van der Waals surface area contributed by atoms with Crippen molar-refractivity contribution >= 4 is 5.91 Å². The first-order valence-electron chi connectivity index (χ1n) is 10.1. The number of aliphatic hydroxyl groups excluding tert-OH is 2. The summed E-state index contributed by atoms with van der Waals surface area (Å²) >= 11 is 0. The van der Waals surface area contributed by atoms with Gasteiger partial charge < -0.3 is 20.2 Å². The van der Waals surface area contributed by atoms with Gasteiger partial charge in [0.25, 0.3) is 0 Å². The van der Waals surface area contributed by atoms with Crippen LogP contribution in [-0.4, -0.2) is 51.9 Å². The summed E-state index contributed by atoms with van der Waals surface area (Å²) in [5, 5.41) is 30.2. The number of phenols is 1. The topological polar surface area (TPSA) is 81.0 Å². The van der Waals surface area contributed by atoms with Crippen molar-refractivity contribution in [1.29, 1.82) is 0 Å². The number of hydrogen-bond donors (Lipinski definition) is 3. The van der Waals surface area contributed by atoms with Crippen LogP contribution in [0.15, 0.2) is 12.1 Å². The number of likely N-dealkylation sites (N-methyl/N-ethyl adjacent to an activating group) is 1. The Morgan fingerprint density at radius 3 is 1.93 bits per heavy atom. The van der Waals surface area contributed by atoms with Crippen LogP contribution in [0, 0.1) is 0 Å². The second-order valence-corrected chi connectivity index (χ2v) is 9.88. The van der Waals surface area contributed by atoms with E-state index in [2.05, 4.69) is 47.6 Å². The fourth-order valence-electron chi connectivity index (χ4n) is 3.29. The fourth-order valence-corrected chi connectivity index (χ4v) is 3.29. The first kappa shape index (κ1) is 24.4. The van der Waals surface area contributed by atoms with Gasteiger partial charge in [0.1, 0.15) is 5.75 Å². The molecule has 0 saturated carbocycles. The van der Waals surface area contributed by atoms with Crippen LogP contribution < -0.4 is 0 Å². The molecule has 0 aliphatic heterocycles. The average Bonchev–Trinajstić information content (AvgIpc) is 2.60. The van der Waals surface area contributed by atoms with E-state index in [-0.39, 0.29) is 42.1 Å². The number of amides is 1. The second-order valence-electron chi connectivity index (χ2n) is 9.88. The summed E-state index contributed by atoms with van der Waals surface area (Å²) in [5.74, 6) is 0.0878. The fraction of sp³-hybridized carbons (Fsp3) is 0.696. The van der Waals surface area contributed by atoms with Crippen LogP contribution in [-0.2, 0) is 22.0 Å². The molecule has 0 atom stereocenters. The Bertz CT molecular complexity index is 671. The van der Waals surface area contributed by atoms with Crippen molar-refractivity contribution in [1.82, 2.24) is 4.90 Å². The number of aromatic hydroxyl groups is 1. The lowest BCUT2D eigenvalue weighted by Crippen LogP contribution is -2.54. The average molecular weight is 394 g/mol. The smallest absolute Gasteiger partial charge is 0.223 e. The monoisotopic (exact) mass is 393 g/mol. The number of rotatable bonds is 7. The zero-order chi connectivity index (χ0) is 21.9. The summed E-state index contributed by atoms with van der Waals surface area (Å²) in [7, 11) is 1.62. The van der Waals surface area contributed by atoms with Crippen molar-refractivity contribution in [3.05, 3.63) is 28.8 Å². The normalized spacial score (nSPS) is 12.9. The van der Waals surface area contributed by atoms with Gasteiger partial charge in [0.05, 0.1) is 18.8 Å². The summed E-state index contributed by atoms with van der Waals surface area (Å²) in [6.45, 7) is 13.8. The lowest BCUT2D eigenvalue weighted by Gasteiger charge is -2.38. The van der Waals surface area contributed by atoms with E-state index in [1.807, 2.05) is 13.0 Å². The molecule has 160 valence electrons. The third kappa shape index (κ3) is 5.26. The Morgan fingerprint density at radius 1 is 1.00 bits per heavy atom. The molecule has 1 rings (SSSR count). The summed E-state index contributed by atoms with van der Waals surface area (Å²) < 4.78 is 0. The predicted octanol–water partition coefficient (Wildman–Crippen LogP) is 3.51. The maximum absolute atomic E-state index is 12.7. The third-order valence-corrected chi connectivity index (χ3v) is 5.80. The maximum atomic E-state index is 12.7. The molecule has 5 nitrogen and oxygen atoms in total. The van der Waals surface area contributed by atoms with Crippen molar-refractivity contribution in [2.75, 3.05) is 20.3 Å². The molecule has 0 aromatic heterocycles. The molecule has 0 radical (unpaired) electrons. The molecule has 0 unspecified atom stereocenters. The second kappa shape index (κ2) is 8.83. The third-order valence-electron chi connectivity index (χ3n) is 5.80. The number of phenolic OH excluding ortho intramolecular Hbond substituents is 1. The Morgan fingerprint density at radius 2 is 1.54 bits per heavy atom. The summed E-state index contributed by atoms with van der Waals surface area (Å²) in [6.07, 6.45) is 1.06. The van der Waals surface area contributed by atoms with E-state index in [0.29, 0.717) is 12.8 Å². The molecule has 0 aliphatic rings. The number of carbonyl (C=O) groups excluding carboxylic acids is 1. The molecule has 1 amide bonds. The minimum absolute atomic E-state index is 0.0750. The Labute approximate surface area is 170 Å². The van der Waals surface area contributed by atoms with Crippen LogP contribution in [0.3, 0.4) is 0 Å². The lowest BCUT2D eigenvalue weighted by molar-refractivity contribution is -0.140. The Kier molecular flexibility index (Phi) is 7.71. The number of benzene rings is 1. The Hall–Kier alpha value is -1.59. The van der Waals surface area contributed by atoms with Gasteiger partial charge in [-0.1, -0.05) is 60.6 Å². The SMILES string of the molecule is CCC(CO)(CO)N(C)C(=O)CCc1cc(C(C)(C)C)cc(C(C)(C)C)c1O. The molecule has 28 heavy (non-hydrogen) atoms. The molecule has 3 N–H and O–H groups in total. The summed E-state index contributed by atoms with van der Waals surface area (Å²) in [6, 6.07) is 4.05. The number of nitrogens with zero attached hydrogens (tertiary/aromatic N) is 1. The van der Waals surface area contributed by atoms with E-state index in [4.69, 9.17) is 0 Å². The molecule has 0 spiro atoms. The highest BCUT2D eigenvalue weighted by molar-refractivity contribution is 5.77. The van der Waals surface area contributed by atoms with Crippen molar-refractivity contribution in [3.63, 3.8) is 0 Å². The predicted molar refractivity (Wildman–Crippen MR) is 114 cm³/mol. The highest BCUT2D eigenvalue weighted by Crippen LogP contribution is 2.38. The Balaban J connectivity index is 3.20. The molecule has 0 heterocycles. The van der Waals surface area contributed by atoms with E-state index >= 15 is 0 Å². The molecule has 0 fully saturated rings. The van der Waals surface area contributed by atoms with Gasteiger partial charge in [0.2, 0.25) is 5.91 Å². The van der Waals surface area contributed by atoms with Crippen LogP contribution >= 0.6 is 0 Å². The van der Waals surface area contributed by atoms with Gasteiger partial charge in [-0.3, -0.25) is 4.79 Å². The van der Waals surface area contributed by atoms with Gasteiger partial charge in [0, 0.05) is 13.5 Å². The molecule has 5 heteroatoms. The first-order valence-corrected chi connectivity index (χ1v) is 10.1. The number of aliphatic hydroxyl groups is 2. The molecule has 0 bridgehead atoms. The van der Waals surface area contributed by atoms with Crippen molar-refractivity contribution in [3.8, 4) is 5.75 Å². The molecular weight excluding hydrogens is 354 g/mol. The minimum Gasteiger partial charge on any atom is -0.507 e. The van der Waals surface area contributed by atoms with Crippen LogP contribution in [0.2, 0.25) is 0 Å². The molecule has 0 aliphatic carbocycles. The quantitative estimate of drug-likeness (QED) is 0.662. The van der Waals surface area contributed by atoms with E-state index in [0.717, 1.165) is 16.7 Å². The van der Waals surface area contributed by atoms with Crippen LogP contribution in [0.5, 0.6) is 5.75 Å². The van der Waals surface area contributed by atoms with E-state index in [1.165, 1.54) is 4.90 Å². The van der Waals surface area contributed by atoms with Crippen molar-refractivity contribution in [2.24, 2.45) is 0 Å². The van der Waals surface area contributed by atoms with E-state index in [1.54, 1.807) is 7.05 Å². The summed E-state index contributed by atoms with van der Waals surface area (Å²) in [4.78, 5) is 14.2. The van der Waals surface area contributed by atoms with Gasteiger partial charge in [-0.15, -0.1) is 0 Å². The molecule has 0 saturated heterocycles. The summed E-state index contributed by atoms with van der Waals surface area (Å²) in [5.41, 5.74) is 1.52. The largest absolute Gasteiger partial charge is 0.507 e. The zero-order valence-electron chi connectivity index (χ0n) is 18.9. The lowest BCUT2D eigenvalue weighted by atomic mass is 9.78. The van der Waals surface area contributed by atoms with Gasteiger partial charge in [-0.25, -0.2) is 0 Å². The number of aryl methyl sites for hydroxylation is 1. The zero-order valence-corrected chi connectivity index (χ0v) is 18.9. The van der Waals surface area contributed by atoms with Crippen molar-refractivity contribution in [2.45, 2.75) is 84.1 Å². The van der Waals surface area contributed by atoms with Crippen LogP contribution in [0.25, 0.3) is 0 Å². The molecule has 1 aromatic carbocycles. The first-order chi connectivity index (χ1) is 12.7. The van der Waals surface area contributed by atoms with Gasteiger partial charge in [-0.2, -0.15) is 0 Å².